The van der Waals surface area contributed by atoms with E-state index in [2.05, 4.69) is 15.4 Å². The Balaban J connectivity index is 1.55. The van der Waals surface area contributed by atoms with E-state index in [0.29, 0.717) is 13.2 Å². The lowest BCUT2D eigenvalue weighted by Crippen LogP contribution is -2.14. The monoisotopic (exact) mass is 342 g/mol. The molecule has 1 N–H and O–H groups in total. The highest BCUT2D eigenvalue weighted by Gasteiger charge is 2.11. The van der Waals surface area contributed by atoms with E-state index in [0.717, 1.165) is 23.3 Å². The van der Waals surface area contributed by atoms with E-state index in [1.54, 1.807) is 13.0 Å². The number of nitrogens with one attached hydrogen (secondary N) is 1. The van der Waals surface area contributed by atoms with Crippen molar-refractivity contribution in [3.63, 3.8) is 0 Å². The zero-order valence-electron chi connectivity index (χ0n) is 13.8. The van der Waals surface area contributed by atoms with Gasteiger partial charge in [-0.3, -0.25) is 14.9 Å². The van der Waals surface area contributed by atoms with Crippen LogP contribution in [0, 0.1) is 0 Å². The van der Waals surface area contributed by atoms with Crippen molar-refractivity contribution in [1.29, 1.82) is 0 Å². The van der Waals surface area contributed by atoms with Crippen molar-refractivity contribution in [3.05, 3.63) is 41.7 Å². The van der Waals surface area contributed by atoms with E-state index < -0.39 is 5.97 Å². The van der Waals surface area contributed by atoms with Crippen LogP contribution in [-0.4, -0.2) is 39.9 Å². The molecule has 0 aliphatic carbocycles. The molecule has 25 heavy (non-hydrogen) atoms. The van der Waals surface area contributed by atoms with Crippen LogP contribution in [0.1, 0.15) is 18.1 Å². The number of hydrogen-bond donors (Lipinski definition) is 1. The number of carbonyl (C=O) groups excluding carboxylic acids is 2. The van der Waals surface area contributed by atoms with Gasteiger partial charge in [0.15, 0.2) is 0 Å². The molecule has 8 nitrogen and oxygen atoms in total. The second-order valence-corrected chi connectivity index (χ2v) is 5.36. The Labute approximate surface area is 144 Å². The molecule has 1 amide bonds. The SMILES string of the molecule is CCOC(=O)Cn1cnc(NC(=O)C=Cc2ccc3c(c2)CCO3)n1. The summed E-state index contributed by atoms with van der Waals surface area (Å²) in [6.45, 7) is 2.68. The Morgan fingerprint density at radius 2 is 2.32 bits per heavy atom. The minimum Gasteiger partial charge on any atom is -0.493 e. The highest BCUT2D eigenvalue weighted by Crippen LogP contribution is 2.26. The van der Waals surface area contributed by atoms with Gasteiger partial charge in [0, 0.05) is 12.5 Å². The van der Waals surface area contributed by atoms with Gasteiger partial charge in [-0.25, -0.2) is 9.67 Å². The molecule has 8 heteroatoms. The Bertz CT molecular complexity index is 813. The number of hydrogen-bond acceptors (Lipinski definition) is 6. The first-order valence-corrected chi connectivity index (χ1v) is 7.94. The fourth-order valence-electron chi connectivity index (χ4n) is 2.40. The molecule has 0 saturated carbocycles. The molecule has 130 valence electrons. The smallest absolute Gasteiger partial charge is 0.327 e. The molecule has 0 radical (unpaired) electrons. The van der Waals surface area contributed by atoms with Crippen LogP contribution < -0.4 is 10.1 Å². The van der Waals surface area contributed by atoms with Crippen molar-refractivity contribution < 1.29 is 19.1 Å². The maximum atomic E-state index is 11.9. The minimum absolute atomic E-state index is 0.0518. The van der Waals surface area contributed by atoms with Crippen LogP contribution in [-0.2, 0) is 27.3 Å². The number of ether oxygens (including phenoxy) is 2. The van der Waals surface area contributed by atoms with Crippen molar-refractivity contribution >= 4 is 23.9 Å². The van der Waals surface area contributed by atoms with Crippen LogP contribution >= 0.6 is 0 Å². The van der Waals surface area contributed by atoms with Gasteiger partial charge in [0.2, 0.25) is 5.95 Å². The molecule has 0 fully saturated rings. The number of nitrogens with zero attached hydrogens (tertiary/aromatic N) is 3. The van der Waals surface area contributed by atoms with Gasteiger partial charge in [0.05, 0.1) is 13.2 Å². The molecular weight excluding hydrogens is 324 g/mol. The van der Waals surface area contributed by atoms with Crippen LogP contribution in [0.15, 0.2) is 30.6 Å². The molecule has 0 atom stereocenters. The molecule has 0 spiro atoms. The second kappa shape index (κ2) is 7.61. The van der Waals surface area contributed by atoms with Gasteiger partial charge in [0.1, 0.15) is 18.6 Å². The molecule has 3 rings (SSSR count). The number of esters is 1. The standard InChI is InChI=1S/C17H18N4O4/c1-2-24-16(23)10-21-11-18-17(20-21)19-15(22)6-4-12-3-5-14-13(9-12)7-8-25-14/h3-6,9,11H,2,7-8,10H2,1H3,(H,19,20,22). The van der Waals surface area contributed by atoms with Gasteiger partial charge in [0.25, 0.3) is 5.91 Å². The van der Waals surface area contributed by atoms with Gasteiger partial charge in [-0.1, -0.05) is 6.07 Å². The second-order valence-electron chi connectivity index (χ2n) is 5.36. The van der Waals surface area contributed by atoms with Crippen molar-refractivity contribution in [2.75, 3.05) is 18.5 Å². The van der Waals surface area contributed by atoms with Gasteiger partial charge < -0.3 is 9.47 Å². The fraction of sp³-hybridized carbons (Fsp3) is 0.294. The van der Waals surface area contributed by atoms with Crippen molar-refractivity contribution in [1.82, 2.24) is 14.8 Å². The zero-order chi connectivity index (χ0) is 17.6. The van der Waals surface area contributed by atoms with Crippen molar-refractivity contribution in [3.8, 4) is 5.75 Å². The average Bonchev–Trinajstić information content (AvgIpc) is 3.22. The van der Waals surface area contributed by atoms with Gasteiger partial charge in [-0.05, 0) is 36.3 Å². The summed E-state index contributed by atoms with van der Waals surface area (Å²) in [5.41, 5.74) is 2.06. The van der Waals surface area contributed by atoms with Crippen LogP contribution in [0.25, 0.3) is 6.08 Å². The Morgan fingerprint density at radius 3 is 3.16 bits per heavy atom. The van der Waals surface area contributed by atoms with E-state index in [1.165, 1.54) is 17.1 Å². The van der Waals surface area contributed by atoms with E-state index in [-0.39, 0.29) is 18.4 Å². The molecule has 0 saturated heterocycles. The Morgan fingerprint density at radius 1 is 1.44 bits per heavy atom. The molecule has 1 aliphatic rings. The number of carbonyl (C=O) groups is 2. The van der Waals surface area contributed by atoms with E-state index in [9.17, 15) is 9.59 Å². The Hall–Kier alpha value is -3.16. The van der Waals surface area contributed by atoms with E-state index in [4.69, 9.17) is 9.47 Å². The largest absolute Gasteiger partial charge is 0.493 e. The molecule has 2 heterocycles. The van der Waals surface area contributed by atoms with E-state index in [1.807, 2.05) is 18.2 Å². The lowest BCUT2D eigenvalue weighted by Gasteiger charge is -2.00. The molecule has 0 bridgehead atoms. The number of aromatic nitrogens is 3. The number of fused-ring (bicyclic) bond motifs is 1. The first kappa shape index (κ1) is 16.7. The van der Waals surface area contributed by atoms with Crippen molar-refractivity contribution in [2.24, 2.45) is 0 Å². The van der Waals surface area contributed by atoms with Gasteiger partial charge >= 0.3 is 5.97 Å². The third-order valence-electron chi connectivity index (χ3n) is 3.51. The van der Waals surface area contributed by atoms with Crippen LogP contribution in [0.4, 0.5) is 5.95 Å². The summed E-state index contributed by atoms with van der Waals surface area (Å²) in [5.74, 6) is 0.260. The Kier molecular flexibility index (Phi) is 5.08. The van der Waals surface area contributed by atoms with Gasteiger partial charge in [-0.2, -0.15) is 0 Å². The summed E-state index contributed by atoms with van der Waals surface area (Å²) in [6.07, 6.45) is 5.36. The molecule has 1 aliphatic heterocycles. The third-order valence-corrected chi connectivity index (χ3v) is 3.51. The normalized spacial score (nSPS) is 12.7. The highest BCUT2D eigenvalue weighted by atomic mass is 16.5. The van der Waals surface area contributed by atoms with Crippen LogP contribution in [0.2, 0.25) is 0 Å². The first-order valence-electron chi connectivity index (χ1n) is 7.94. The minimum atomic E-state index is -0.411. The summed E-state index contributed by atoms with van der Waals surface area (Å²) < 4.78 is 11.6. The van der Waals surface area contributed by atoms with Crippen molar-refractivity contribution in [2.45, 2.75) is 19.9 Å². The lowest BCUT2D eigenvalue weighted by molar-refractivity contribution is -0.144. The topological polar surface area (TPSA) is 95.3 Å². The predicted molar refractivity (Wildman–Crippen MR) is 90.0 cm³/mol. The number of benzene rings is 1. The molecule has 0 unspecified atom stereocenters. The summed E-state index contributed by atoms with van der Waals surface area (Å²) in [7, 11) is 0. The maximum Gasteiger partial charge on any atom is 0.327 e. The quantitative estimate of drug-likeness (QED) is 0.630. The zero-order valence-corrected chi connectivity index (χ0v) is 13.8. The van der Waals surface area contributed by atoms with Crippen LogP contribution in [0.3, 0.4) is 0 Å². The summed E-state index contributed by atoms with van der Waals surface area (Å²) in [5, 5.41) is 6.54. The predicted octanol–water partition coefficient (Wildman–Crippen LogP) is 1.43. The molecule has 1 aromatic heterocycles. The summed E-state index contributed by atoms with van der Waals surface area (Å²) in [4.78, 5) is 27.2. The lowest BCUT2D eigenvalue weighted by atomic mass is 10.1. The molecule has 2 aromatic rings. The molecular formula is C17H18N4O4. The third kappa shape index (κ3) is 4.43. The maximum absolute atomic E-state index is 11.9. The summed E-state index contributed by atoms with van der Waals surface area (Å²) in [6, 6.07) is 5.79. The first-order chi connectivity index (χ1) is 12.1. The van der Waals surface area contributed by atoms with Crippen LogP contribution in [0.5, 0.6) is 5.75 Å². The summed E-state index contributed by atoms with van der Waals surface area (Å²) >= 11 is 0. The number of rotatable bonds is 6. The highest BCUT2D eigenvalue weighted by molar-refractivity contribution is 6.00. The number of amides is 1. The average molecular weight is 342 g/mol. The van der Waals surface area contributed by atoms with Gasteiger partial charge in [-0.15, -0.1) is 5.10 Å². The number of anilines is 1. The van der Waals surface area contributed by atoms with E-state index >= 15 is 0 Å². The molecule has 1 aromatic carbocycles. The fourth-order valence-corrected chi connectivity index (χ4v) is 2.40.